The molecule has 29 heavy (non-hydrogen) atoms. The van der Waals surface area contributed by atoms with Crippen molar-refractivity contribution in [1.82, 2.24) is 14.8 Å². The van der Waals surface area contributed by atoms with Crippen LogP contribution in [-0.4, -0.2) is 26.2 Å². The van der Waals surface area contributed by atoms with Crippen LogP contribution in [0.4, 0.5) is 10.1 Å². The van der Waals surface area contributed by atoms with Crippen LogP contribution in [0.2, 0.25) is 0 Å². The number of nitrogens with zero attached hydrogens (tertiary/aromatic N) is 3. The number of hydrogen-bond donors (Lipinski definition) is 2. The predicted molar refractivity (Wildman–Crippen MR) is 116 cm³/mol. The van der Waals surface area contributed by atoms with Gasteiger partial charge in [0.1, 0.15) is 11.6 Å². The van der Waals surface area contributed by atoms with Gasteiger partial charge >= 0.3 is 0 Å². The first kappa shape index (κ1) is 23.6. The van der Waals surface area contributed by atoms with Crippen LogP contribution in [0.15, 0.2) is 18.2 Å². The Balaban J connectivity index is 0.00000150. The highest BCUT2D eigenvalue weighted by atomic mass is 35.5. The van der Waals surface area contributed by atoms with Gasteiger partial charge in [-0.2, -0.15) is 0 Å². The van der Waals surface area contributed by atoms with E-state index in [9.17, 15) is 9.18 Å². The Kier molecular flexibility index (Phi) is 8.02. The molecule has 0 spiro atoms. The third-order valence-corrected chi connectivity index (χ3v) is 5.78. The van der Waals surface area contributed by atoms with Gasteiger partial charge in [0.15, 0.2) is 5.82 Å². The minimum atomic E-state index is -0.910. The van der Waals surface area contributed by atoms with Gasteiger partial charge in [-0.3, -0.25) is 4.79 Å². The fourth-order valence-corrected chi connectivity index (χ4v) is 4.12. The van der Waals surface area contributed by atoms with Gasteiger partial charge in [0, 0.05) is 18.5 Å². The first-order valence-corrected chi connectivity index (χ1v) is 9.89. The van der Waals surface area contributed by atoms with Gasteiger partial charge in [0.05, 0.1) is 11.2 Å². The van der Waals surface area contributed by atoms with Gasteiger partial charge in [0.2, 0.25) is 5.91 Å². The number of nitrogens with one attached hydrogen (secondary N) is 1. The maximum Gasteiger partial charge on any atom is 0.244 e. The quantitative estimate of drug-likeness (QED) is 0.741. The van der Waals surface area contributed by atoms with Crippen molar-refractivity contribution in [1.29, 1.82) is 0 Å². The zero-order valence-corrected chi connectivity index (χ0v) is 18.0. The number of aromatic nitrogens is 3. The molecule has 6 nitrogen and oxygen atoms in total. The summed E-state index contributed by atoms with van der Waals surface area (Å²) in [4.78, 5) is 12.7. The predicted octanol–water partition coefficient (Wildman–Crippen LogP) is 4.25. The summed E-state index contributed by atoms with van der Waals surface area (Å²) >= 11 is 0. The van der Waals surface area contributed by atoms with Crippen LogP contribution in [0, 0.1) is 5.82 Å². The number of anilines is 1. The van der Waals surface area contributed by atoms with E-state index in [-0.39, 0.29) is 36.4 Å². The molecule has 9 heteroatoms. The van der Waals surface area contributed by atoms with Crippen molar-refractivity contribution in [3.63, 3.8) is 0 Å². The molecule has 1 saturated carbocycles. The standard InChI is InChI=1S/C20H26FN5O.2ClH/c21-15-9-8-14(18-25-24-17-7-3-1-6-12-26(17)18)13-16(15)23-19(27)20(22)10-4-2-5-11-20;;/h8-9,13H,1-7,10-12,22H2,(H,23,27);2*1H. The number of benzene rings is 1. The largest absolute Gasteiger partial charge is 0.322 e. The minimum absolute atomic E-state index is 0. The number of rotatable bonds is 3. The normalized spacial score (nSPS) is 17.9. The van der Waals surface area contributed by atoms with Crippen LogP contribution in [0.1, 0.15) is 57.2 Å². The van der Waals surface area contributed by atoms with Crippen molar-refractivity contribution in [2.75, 3.05) is 5.32 Å². The maximum absolute atomic E-state index is 14.4. The molecule has 4 rings (SSSR count). The van der Waals surface area contributed by atoms with Crippen LogP contribution < -0.4 is 11.1 Å². The molecule has 2 heterocycles. The lowest BCUT2D eigenvalue weighted by Crippen LogP contribution is -2.52. The fraction of sp³-hybridized carbons (Fsp3) is 0.550. The molecule has 0 unspecified atom stereocenters. The second kappa shape index (κ2) is 9.87. The highest BCUT2D eigenvalue weighted by molar-refractivity contribution is 5.98. The molecule has 2 aliphatic rings. The summed E-state index contributed by atoms with van der Waals surface area (Å²) in [6.07, 6.45) is 8.50. The molecular weight excluding hydrogens is 416 g/mol. The average Bonchev–Trinajstić information content (AvgIpc) is 2.92. The topological polar surface area (TPSA) is 85.8 Å². The molecule has 1 aromatic carbocycles. The van der Waals surface area contributed by atoms with Crippen molar-refractivity contribution in [3.8, 4) is 11.4 Å². The van der Waals surface area contributed by atoms with Crippen LogP contribution in [0.3, 0.4) is 0 Å². The second-order valence-electron chi connectivity index (χ2n) is 7.77. The van der Waals surface area contributed by atoms with E-state index >= 15 is 0 Å². The van der Waals surface area contributed by atoms with Crippen molar-refractivity contribution in [2.24, 2.45) is 5.73 Å². The van der Waals surface area contributed by atoms with Crippen LogP contribution in [-0.2, 0) is 17.8 Å². The van der Waals surface area contributed by atoms with Crippen LogP contribution >= 0.6 is 24.8 Å². The maximum atomic E-state index is 14.4. The van der Waals surface area contributed by atoms with Gasteiger partial charge in [-0.15, -0.1) is 35.0 Å². The lowest BCUT2D eigenvalue weighted by Gasteiger charge is -2.31. The molecule has 1 fully saturated rings. The Morgan fingerprint density at radius 1 is 1.07 bits per heavy atom. The molecule has 1 amide bonds. The number of hydrogen-bond acceptors (Lipinski definition) is 4. The third kappa shape index (κ3) is 4.90. The third-order valence-electron chi connectivity index (χ3n) is 5.78. The zero-order chi connectivity index (χ0) is 18.9. The van der Waals surface area contributed by atoms with Crippen LogP contribution in [0.5, 0.6) is 0 Å². The van der Waals surface area contributed by atoms with E-state index in [1.54, 1.807) is 12.1 Å². The lowest BCUT2D eigenvalue weighted by molar-refractivity contribution is -0.122. The van der Waals surface area contributed by atoms with Gasteiger partial charge < -0.3 is 15.6 Å². The van der Waals surface area contributed by atoms with E-state index in [4.69, 9.17) is 5.73 Å². The second-order valence-corrected chi connectivity index (χ2v) is 7.77. The minimum Gasteiger partial charge on any atom is -0.322 e. The van der Waals surface area contributed by atoms with E-state index in [0.717, 1.165) is 62.3 Å². The lowest BCUT2D eigenvalue weighted by atomic mass is 9.82. The molecule has 3 N–H and O–H groups in total. The molecule has 160 valence electrons. The zero-order valence-electron chi connectivity index (χ0n) is 16.3. The number of aryl methyl sites for hydroxylation is 1. The highest BCUT2D eigenvalue weighted by Gasteiger charge is 2.35. The summed E-state index contributed by atoms with van der Waals surface area (Å²) in [7, 11) is 0. The molecule has 0 atom stereocenters. The number of carbonyl (C=O) groups excluding carboxylic acids is 1. The first-order valence-electron chi connectivity index (χ1n) is 9.89. The summed E-state index contributed by atoms with van der Waals surface area (Å²) in [6.45, 7) is 0.864. The summed E-state index contributed by atoms with van der Waals surface area (Å²) in [5.74, 6) is 0.920. The molecule has 2 aromatic rings. The van der Waals surface area contributed by atoms with Gasteiger partial charge in [0.25, 0.3) is 0 Å². The summed E-state index contributed by atoms with van der Waals surface area (Å²) in [6, 6.07) is 4.70. The fourth-order valence-electron chi connectivity index (χ4n) is 4.12. The van der Waals surface area contributed by atoms with E-state index < -0.39 is 11.4 Å². The van der Waals surface area contributed by atoms with Gasteiger partial charge in [-0.1, -0.05) is 25.7 Å². The first-order chi connectivity index (χ1) is 13.1. The van der Waals surface area contributed by atoms with Crippen LogP contribution in [0.25, 0.3) is 11.4 Å². The average molecular weight is 444 g/mol. The molecule has 0 radical (unpaired) electrons. The molecule has 1 aliphatic heterocycles. The van der Waals surface area contributed by atoms with Gasteiger partial charge in [-0.05, 0) is 43.9 Å². The molecule has 1 aromatic heterocycles. The van der Waals surface area contributed by atoms with Gasteiger partial charge in [-0.25, -0.2) is 4.39 Å². The van der Waals surface area contributed by atoms with E-state index in [1.165, 1.54) is 12.5 Å². The Morgan fingerprint density at radius 2 is 1.79 bits per heavy atom. The Hall–Kier alpha value is -1.70. The van der Waals surface area contributed by atoms with Crippen molar-refractivity contribution < 1.29 is 9.18 Å². The number of carbonyl (C=O) groups is 1. The van der Waals surface area contributed by atoms with Crippen molar-refractivity contribution in [3.05, 3.63) is 29.8 Å². The number of nitrogens with two attached hydrogens (primary N) is 1. The van der Waals surface area contributed by atoms with Crippen molar-refractivity contribution in [2.45, 2.75) is 69.9 Å². The number of halogens is 3. The Morgan fingerprint density at radius 3 is 2.55 bits per heavy atom. The molecule has 0 saturated heterocycles. The Labute approximate surface area is 182 Å². The summed E-state index contributed by atoms with van der Waals surface area (Å²) < 4.78 is 16.5. The smallest absolute Gasteiger partial charge is 0.244 e. The molecule has 1 aliphatic carbocycles. The highest BCUT2D eigenvalue weighted by Crippen LogP contribution is 2.30. The van der Waals surface area contributed by atoms with E-state index in [2.05, 4.69) is 20.1 Å². The number of amides is 1. The number of fused-ring (bicyclic) bond motifs is 1. The van der Waals surface area contributed by atoms with Crippen molar-refractivity contribution >= 4 is 36.4 Å². The summed E-state index contributed by atoms with van der Waals surface area (Å²) in [5, 5.41) is 11.3. The van der Waals surface area contributed by atoms with E-state index in [0.29, 0.717) is 12.8 Å². The SMILES string of the molecule is Cl.Cl.NC1(C(=O)Nc2cc(-c3nnc4n3CCCCC4)ccc2F)CCCCC1. The molecular formula is C20H28Cl2FN5O. The summed E-state index contributed by atoms with van der Waals surface area (Å²) in [5.41, 5.74) is 6.27. The van der Waals surface area contributed by atoms with E-state index in [1.807, 2.05) is 0 Å². The Bertz CT molecular complexity index is 851. The monoisotopic (exact) mass is 443 g/mol. The molecule has 0 bridgehead atoms.